The van der Waals surface area contributed by atoms with Gasteiger partial charge in [-0.2, -0.15) is 9.77 Å². The standard InChI is InChI=1S/C15H15F2N5O2S/c1-15(16,17)10-7-11-9(6-8(10)12-4-5-18-21(12)2)13(23)22(20-25-3)14(24)19-11/h4-7,20H,1-3H3,(H,19,24). The van der Waals surface area contributed by atoms with E-state index in [-0.39, 0.29) is 22.0 Å². The fraction of sp³-hybridized carbons (Fsp3) is 0.267. The Hall–Kier alpha value is -2.62. The summed E-state index contributed by atoms with van der Waals surface area (Å²) in [5.41, 5.74) is -0.980. The van der Waals surface area contributed by atoms with Crippen molar-refractivity contribution in [2.24, 2.45) is 7.05 Å². The minimum atomic E-state index is -3.17. The number of aromatic amines is 1. The first-order valence-electron chi connectivity index (χ1n) is 7.23. The molecule has 3 aromatic rings. The van der Waals surface area contributed by atoms with Gasteiger partial charge in [0, 0.05) is 37.6 Å². The lowest BCUT2D eigenvalue weighted by Gasteiger charge is -2.17. The Morgan fingerprint density at radius 2 is 2.04 bits per heavy atom. The quantitative estimate of drug-likeness (QED) is 0.689. The second-order valence-corrected chi connectivity index (χ2v) is 6.13. The molecule has 1 aromatic carbocycles. The minimum absolute atomic E-state index is 0.0524. The van der Waals surface area contributed by atoms with E-state index in [0.717, 1.165) is 29.6 Å². The number of rotatable bonds is 4. The third kappa shape index (κ3) is 2.93. The molecule has 0 atom stereocenters. The van der Waals surface area contributed by atoms with Crippen LogP contribution in [0.3, 0.4) is 0 Å². The number of benzene rings is 1. The van der Waals surface area contributed by atoms with Crippen LogP contribution in [0.4, 0.5) is 8.78 Å². The lowest BCUT2D eigenvalue weighted by Crippen LogP contribution is -2.39. The van der Waals surface area contributed by atoms with Gasteiger partial charge in [0.1, 0.15) is 0 Å². The van der Waals surface area contributed by atoms with E-state index in [1.54, 1.807) is 19.4 Å². The van der Waals surface area contributed by atoms with Crippen molar-refractivity contribution in [1.82, 2.24) is 19.4 Å². The Morgan fingerprint density at radius 1 is 1.32 bits per heavy atom. The number of fused-ring (bicyclic) bond motifs is 1. The Kier molecular flexibility index (Phi) is 4.15. The van der Waals surface area contributed by atoms with Gasteiger partial charge in [0.15, 0.2) is 0 Å². The summed E-state index contributed by atoms with van der Waals surface area (Å²) in [4.78, 5) is 29.6. The molecule has 132 valence electrons. The van der Waals surface area contributed by atoms with Crippen molar-refractivity contribution in [3.8, 4) is 11.3 Å². The molecule has 0 aliphatic carbocycles. The first kappa shape index (κ1) is 17.2. The minimum Gasteiger partial charge on any atom is -0.305 e. The third-order valence-corrected chi connectivity index (χ3v) is 4.15. The Morgan fingerprint density at radius 3 is 2.60 bits per heavy atom. The molecule has 0 radical (unpaired) electrons. The molecule has 25 heavy (non-hydrogen) atoms. The van der Waals surface area contributed by atoms with Gasteiger partial charge in [0.2, 0.25) is 0 Å². The van der Waals surface area contributed by atoms with Crippen LogP contribution < -0.4 is 16.1 Å². The van der Waals surface area contributed by atoms with Crippen LogP contribution in [0.5, 0.6) is 0 Å². The van der Waals surface area contributed by atoms with E-state index in [4.69, 9.17) is 0 Å². The molecule has 10 heteroatoms. The van der Waals surface area contributed by atoms with Crippen molar-refractivity contribution in [3.05, 3.63) is 50.8 Å². The smallest absolute Gasteiger partial charge is 0.305 e. The average Bonchev–Trinajstić information content (AvgIpc) is 2.95. The summed E-state index contributed by atoms with van der Waals surface area (Å²) in [5, 5.41) is 4.11. The SMILES string of the molecule is CSNn1c(=O)[nH]c2cc(C(C)(F)F)c(-c3ccnn3C)cc2c1=O. The van der Waals surface area contributed by atoms with Gasteiger partial charge in [-0.15, -0.1) is 0 Å². The predicted molar refractivity (Wildman–Crippen MR) is 93.5 cm³/mol. The van der Waals surface area contributed by atoms with Crippen LogP contribution in [0.2, 0.25) is 0 Å². The summed E-state index contributed by atoms with van der Waals surface area (Å²) in [6.07, 6.45) is 3.13. The molecule has 3 rings (SSSR count). The molecule has 0 bridgehead atoms. The monoisotopic (exact) mass is 367 g/mol. The molecule has 2 aromatic heterocycles. The highest BCUT2D eigenvalue weighted by Crippen LogP contribution is 2.37. The van der Waals surface area contributed by atoms with Crippen LogP contribution in [0.1, 0.15) is 12.5 Å². The molecule has 0 fully saturated rings. The number of nitrogens with zero attached hydrogens (tertiary/aromatic N) is 3. The van der Waals surface area contributed by atoms with Crippen molar-refractivity contribution in [1.29, 1.82) is 0 Å². The van der Waals surface area contributed by atoms with E-state index in [2.05, 4.69) is 14.9 Å². The number of halogens is 2. The topological polar surface area (TPSA) is 84.7 Å². The fourth-order valence-corrected chi connectivity index (χ4v) is 3.00. The van der Waals surface area contributed by atoms with E-state index < -0.39 is 17.2 Å². The number of hydrogen-bond donors (Lipinski definition) is 2. The molecule has 0 amide bonds. The van der Waals surface area contributed by atoms with Gasteiger partial charge in [-0.1, -0.05) is 0 Å². The van der Waals surface area contributed by atoms with Crippen LogP contribution in [-0.2, 0) is 13.0 Å². The number of nitrogens with one attached hydrogen (secondary N) is 2. The van der Waals surface area contributed by atoms with Crippen LogP contribution in [0.25, 0.3) is 22.2 Å². The first-order chi connectivity index (χ1) is 11.7. The maximum absolute atomic E-state index is 14.1. The first-order valence-corrected chi connectivity index (χ1v) is 8.45. The molecule has 0 aliphatic heterocycles. The molecule has 2 N–H and O–H groups in total. The predicted octanol–water partition coefficient (Wildman–Crippen LogP) is 2.02. The summed E-state index contributed by atoms with van der Waals surface area (Å²) in [5.74, 6) is -3.17. The second kappa shape index (κ2) is 6.03. The molecule has 0 spiro atoms. The summed E-state index contributed by atoms with van der Waals surface area (Å²) in [6, 6.07) is 4.08. The normalized spacial score (nSPS) is 11.9. The summed E-state index contributed by atoms with van der Waals surface area (Å²) >= 11 is 1.06. The molecule has 0 saturated heterocycles. The molecular weight excluding hydrogens is 352 g/mol. The highest BCUT2D eigenvalue weighted by Gasteiger charge is 2.30. The maximum Gasteiger partial charge on any atom is 0.348 e. The van der Waals surface area contributed by atoms with Crippen molar-refractivity contribution < 1.29 is 8.78 Å². The lowest BCUT2D eigenvalue weighted by molar-refractivity contribution is 0.0181. The van der Waals surface area contributed by atoms with Crippen LogP contribution in [-0.4, -0.2) is 25.7 Å². The highest BCUT2D eigenvalue weighted by atomic mass is 32.2. The number of H-pyrrole nitrogens is 1. The summed E-state index contributed by atoms with van der Waals surface area (Å²) in [7, 11) is 1.62. The zero-order valence-electron chi connectivity index (χ0n) is 13.6. The third-order valence-electron chi connectivity index (χ3n) is 3.79. The highest BCUT2D eigenvalue weighted by molar-refractivity contribution is 7.99. The van der Waals surface area contributed by atoms with Crippen LogP contribution >= 0.6 is 11.9 Å². The van der Waals surface area contributed by atoms with Gasteiger partial charge < -0.3 is 4.98 Å². The lowest BCUT2D eigenvalue weighted by atomic mass is 9.97. The van der Waals surface area contributed by atoms with Gasteiger partial charge >= 0.3 is 5.69 Å². The van der Waals surface area contributed by atoms with E-state index in [0.29, 0.717) is 5.69 Å². The van der Waals surface area contributed by atoms with Crippen molar-refractivity contribution in [2.45, 2.75) is 12.8 Å². The zero-order chi connectivity index (χ0) is 18.4. The van der Waals surface area contributed by atoms with Gasteiger partial charge in [-0.25, -0.2) is 13.6 Å². The number of hydrogen-bond acceptors (Lipinski definition) is 5. The Balaban J connectivity index is 2.43. The van der Waals surface area contributed by atoms with Gasteiger partial charge in [0.25, 0.3) is 11.5 Å². The molecular formula is C15H15F2N5O2S. The molecule has 0 unspecified atom stereocenters. The average molecular weight is 367 g/mol. The fourth-order valence-electron chi connectivity index (χ4n) is 2.65. The second-order valence-electron chi connectivity index (χ2n) is 5.54. The largest absolute Gasteiger partial charge is 0.348 e. The van der Waals surface area contributed by atoms with E-state index in [9.17, 15) is 18.4 Å². The number of aryl methyl sites for hydroxylation is 1. The Labute approximate surface area is 144 Å². The molecule has 0 saturated carbocycles. The summed E-state index contributed by atoms with van der Waals surface area (Å²) < 4.78 is 30.5. The maximum atomic E-state index is 14.1. The van der Waals surface area contributed by atoms with Crippen molar-refractivity contribution in [2.75, 3.05) is 11.1 Å². The van der Waals surface area contributed by atoms with Crippen LogP contribution in [0.15, 0.2) is 34.0 Å². The van der Waals surface area contributed by atoms with Gasteiger partial charge in [0.05, 0.1) is 16.6 Å². The number of alkyl halides is 2. The van der Waals surface area contributed by atoms with Gasteiger partial charge in [-0.05, 0) is 30.1 Å². The van der Waals surface area contributed by atoms with Gasteiger partial charge in [-0.3, -0.25) is 14.3 Å². The molecule has 7 nitrogen and oxygen atoms in total. The van der Waals surface area contributed by atoms with Crippen molar-refractivity contribution in [3.63, 3.8) is 0 Å². The van der Waals surface area contributed by atoms with Crippen molar-refractivity contribution >= 4 is 22.9 Å². The molecule has 0 aliphatic rings. The van der Waals surface area contributed by atoms with Crippen LogP contribution in [0, 0.1) is 0 Å². The Bertz CT molecular complexity index is 1060. The van der Waals surface area contributed by atoms with E-state index in [1.807, 2.05) is 0 Å². The van der Waals surface area contributed by atoms with E-state index >= 15 is 0 Å². The number of aromatic nitrogens is 4. The summed E-state index contributed by atoms with van der Waals surface area (Å²) in [6.45, 7) is 0.767. The van der Waals surface area contributed by atoms with E-state index in [1.165, 1.54) is 16.9 Å². The zero-order valence-corrected chi connectivity index (χ0v) is 14.4. The molecule has 2 heterocycles.